The molecular formula is C13H23N3O4. The summed E-state index contributed by atoms with van der Waals surface area (Å²) in [5, 5.41) is 12.0. The van der Waals surface area contributed by atoms with Crippen LogP contribution in [0.3, 0.4) is 0 Å². The lowest BCUT2D eigenvalue weighted by Gasteiger charge is -2.41. The largest absolute Gasteiger partial charge is 0.480 e. The van der Waals surface area contributed by atoms with Crippen LogP contribution >= 0.6 is 0 Å². The molecule has 1 atom stereocenters. The molecule has 0 aromatic carbocycles. The molecule has 1 aliphatic rings. The van der Waals surface area contributed by atoms with E-state index in [1.165, 1.54) is 4.90 Å². The van der Waals surface area contributed by atoms with Crippen LogP contribution < -0.4 is 11.1 Å². The quantitative estimate of drug-likeness (QED) is 0.623. The van der Waals surface area contributed by atoms with Crippen molar-refractivity contribution in [2.24, 2.45) is 5.73 Å². The van der Waals surface area contributed by atoms with Crippen molar-refractivity contribution in [3.63, 3.8) is 0 Å². The highest BCUT2D eigenvalue weighted by Crippen LogP contribution is 2.28. The number of hydrogen-bond donors (Lipinski definition) is 3. The zero-order valence-corrected chi connectivity index (χ0v) is 11.9. The average molecular weight is 285 g/mol. The van der Waals surface area contributed by atoms with Crippen LogP contribution in [0, 0.1) is 0 Å². The number of nitrogens with two attached hydrogens (primary N) is 1. The Labute approximate surface area is 118 Å². The molecule has 1 unspecified atom stereocenters. The predicted octanol–water partition coefficient (Wildman–Crippen LogP) is 0.681. The number of nitrogens with one attached hydrogen (secondary N) is 1. The number of carboxylic acid groups (broad SMARTS) is 1. The Kier molecular flexibility index (Phi) is 5.79. The number of primary amides is 1. The van der Waals surface area contributed by atoms with Gasteiger partial charge in [-0.2, -0.15) is 0 Å². The Bertz CT molecular complexity index is 386. The standard InChI is InChI=1S/C13H23N3O4/c1-13(11(18)19)7-3-5-9-16(13)12(20)15-8-4-2-6-10(14)17/h2-9H2,1H3,(H2,14,17)(H,15,20)(H,18,19). The molecule has 7 heteroatoms. The van der Waals surface area contributed by atoms with Crippen LogP contribution in [0.5, 0.6) is 0 Å². The maximum atomic E-state index is 12.1. The first-order chi connectivity index (χ1) is 9.38. The normalized spacial score (nSPS) is 22.4. The van der Waals surface area contributed by atoms with E-state index < -0.39 is 11.5 Å². The zero-order valence-electron chi connectivity index (χ0n) is 11.9. The van der Waals surface area contributed by atoms with E-state index in [0.717, 1.165) is 12.8 Å². The average Bonchev–Trinajstić information content (AvgIpc) is 2.38. The van der Waals surface area contributed by atoms with Crippen molar-refractivity contribution in [1.82, 2.24) is 10.2 Å². The number of urea groups is 1. The number of carbonyl (C=O) groups is 3. The Morgan fingerprint density at radius 2 is 2.00 bits per heavy atom. The van der Waals surface area contributed by atoms with Crippen LogP contribution in [0.2, 0.25) is 0 Å². The van der Waals surface area contributed by atoms with Gasteiger partial charge in [0.15, 0.2) is 0 Å². The smallest absolute Gasteiger partial charge is 0.329 e. The molecule has 0 aromatic heterocycles. The number of rotatable bonds is 6. The van der Waals surface area contributed by atoms with Crippen molar-refractivity contribution < 1.29 is 19.5 Å². The van der Waals surface area contributed by atoms with Gasteiger partial charge < -0.3 is 21.1 Å². The van der Waals surface area contributed by atoms with Gasteiger partial charge in [0, 0.05) is 19.5 Å². The van der Waals surface area contributed by atoms with E-state index in [4.69, 9.17) is 5.73 Å². The number of aliphatic carboxylic acids is 1. The highest BCUT2D eigenvalue weighted by atomic mass is 16.4. The van der Waals surface area contributed by atoms with Crippen LogP contribution in [-0.4, -0.2) is 46.5 Å². The first-order valence-electron chi connectivity index (χ1n) is 6.95. The molecule has 7 nitrogen and oxygen atoms in total. The van der Waals surface area contributed by atoms with Crippen molar-refractivity contribution in [3.8, 4) is 0 Å². The Hall–Kier alpha value is -1.79. The van der Waals surface area contributed by atoms with Gasteiger partial charge in [-0.15, -0.1) is 0 Å². The number of amides is 3. The summed E-state index contributed by atoms with van der Waals surface area (Å²) in [6.07, 6.45) is 3.66. The monoisotopic (exact) mass is 285 g/mol. The third kappa shape index (κ3) is 4.11. The van der Waals surface area contributed by atoms with Gasteiger partial charge in [0.2, 0.25) is 5.91 Å². The van der Waals surface area contributed by atoms with Gasteiger partial charge in [-0.1, -0.05) is 0 Å². The third-order valence-electron chi connectivity index (χ3n) is 3.72. The Morgan fingerprint density at radius 1 is 1.30 bits per heavy atom. The first kappa shape index (κ1) is 16.3. The summed E-state index contributed by atoms with van der Waals surface area (Å²) in [5.74, 6) is -1.33. The molecular weight excluding hydrogens is 262 g/mol. The van der Waals surface area contributed by atoms with Crippen molar-refractivity contribution in [2.45, 2.75) is 51.0 Å². The summed E-state index contributed by atoms with van der Waals surface area (Å²) in [7, 11) is 0. The van der Waals surface area contributed by atoms with Crippen LogP contribution in [0.25, 0.3) is 0 Å². The number of nitrogens with zero attached hydrogens (tertiary/aromatic N) is 1. The lowest BCUT2D eigenvalue weighted by Crippen LogP contribution is -2.60. The number of carbonyl (C=O) groups excluding carboxylic acids is 2. The molecule has 0 radical (unpaired) electrons. The summed E-state index contributed by atoms with van der Waals surface area (Å²) < 4.78 is 0. The molecule has 1 aliphatic heterocycles. The second-order valence-corrected chi connectivity index (χ2v) is 5.34. The minimum atomic E-state index is -1.13. The van der Waals surface area contributed by atoms with Gasteiger partial charge in [0.25, 0.3) is 0 Å². The summed E-state index contributed by atoms with van der Waals surface area (Å²) >= 11 is 0. The topological polar surface area (TPSA) is 113 Å². The van der Waals surface area contributed by atoms with Crippen LogP contribution in [-0.2, 0) is 9.59 Å². The molecule has 114 valence electrons. The van der Waals surface area contributed by atoms with E-state index in [9.17, 15) is 19.5 Å². The van der Waals surface area contributed by atoms with Crippen molar-refractivity contribution in [2.75, 3.05) is 13.1 Å². The SMILES string of the molecule is CC1(C(=O)O)CCCCN1C(=O)NCCCCC(N)=O. The van der Waals surface area contributed by atoms with Gasteiger partial charge in [-0.25, -0.2) is 9.59 Å². The van der Waals surface area contributed by atoms with E-state index in [2.05, 4.69) is 5.32 Å². The molecule has 20 heavy (non-hydrogen) atoms. The lowest BCUT2D eigenvalue weighted by atomic mass is 9.89. The maximum Gasteiger partial charge on any atom is 0.329 e. The second-order valence-electron chi connectivity index (χ2n) is 5.34. The highest BCUT2D eigenvalue weighted by Gasteiger charge is 2.43. The summed E-state index contributed by atoms with van der Waals surface area (Å²) in [6.45, 7) is 2.45. The molecule has 1 rings (SSSR count). The fraction of sp³-hybridized carbons (Fsp3) is 0.769. The van der Waals surface area contributed by atoms with E-state index in [0.29, 0.717) is 38.8 Å². The minimum absolute atomic E-state index is 0.298. The van der Waals surface area contributed by atoms with Crippen molar-refractivity contribution >= 4 is 17.9 Å². The molecule has 1 fully saturated rings. The van der Waals surface area contributed by atoms with Crippen LogP contribution in [0.1, 0.15) is 45.4 Å². The molecule has 0 aromatic rings. The molecule has 3 amide bonds. The van der Waals surface area contributed by atoms with E-state index >= 15 is 0 Å². The molecule has 0 spiro atoms. The summed E-state index contributed by atoms with van der Waals surface area (Å²) in [4.78, 5) is 35.4. The van der Waals surface area contributed by atoms with Gasteiger partial charge >= 0.3 is 12.0 Å². The van der Waals surface area contributed by atoms with Gasteiger partial charge in [-0.3, -0.25) is 4.79 Å². The Morgan fingerprint density at radius 3 is 2.60 bits per heavy atom. The van der Waals surface area contributed by atoms with Gasteiger partial charge in [-0.05, 0) is 39.0 Å². The number of likely N-dealkylation sites (tertiary alicyclic amines) is 1. The summed E-state index contributed by atoms with van der Waals surface area (Å²) in [5.41, 5.74) is 3.89. The molecule has 4 N–H and O–H groups in total. The predicted molar refractivity (Wildman–Crippen MR) is 73.0 cm³/mol. The second kappa shape index (κ2) is 7.12. The van der Waals surface area contributed by atoms with Crippen molar-refractivity contribution in [1.29, 1.82) is 0 Å². The molecule has 1 heterocycles. The zero-order chi connectivity index (χ0) is 15.2. The maximum absolute atomic E-state index is 12.1. The van der Waals surface area contributed by atoms with Crippen molar-refractivity contribution in [3.05, 3.63) is 0 Å². The van der Waals surface area contributed by atoms with Crippen LogP contribution in [0.4, 0.5) is 4.79 Å². The molecule has 0 bridgehead atoms. The number of hydrogen-bond acceptors (Lipinski definition) is 3. The van der Waals surface area contributed by atoms with Crippen LogP contribution in [0.15, 0.2) is 0 Å². The highest BCUT2D eigenvalue weighted by molar-refractivity contribution is 5.86. The van der Waals surface area contributed by atoms with Gasteiger partial charge in [0.05, 0.1) is 0 Å². The van der Waals surface area contributed by atoms with E-state index in [1.807, 2.05) is 0 Å². The number of unbranched alkanes of at least 4 members (excludes halogenated alkanes) is 1. The van der Waals surface area contributed by atoms with E-state index in [1.54, 1.807) is 6.92 Å². The summed E-state index contributed by atoms with van der Waals surface area (Å²) in [6, 6.07) is -0.353. The van der Waals surface area contributed by atoms with Gasteiger partial charge in [0.1, 0.15) is 5.54 Å². The minimum Gasteiger partial charge on any atom is -0.480 e. The molecule has 0 aliphatic carbocycles. The Balaban J connectivity index is 2.44. The van der Waals surface area contributed by atoms with E-state index in [-0.39, 0.29) is 11.9 Å². The molecule has 1 saturated heterocycles. The fourth-order valence-electron chi connectivity index (χ4n) is 2.38. The number of carboxylic acids is 1. The third-order valence-corrected chi connectivity index (χ3v) is 3.72. The lowest BCUT2D eigenvalue weighted by molar-refractivity contribution is -0.150. The molecule has 0 saturated carbocycles. The fourth-order valence-corrected chi connectivity index (χ4v) is 2.38. The number of piperidine rings is 1. The first-order valence-corrected chi connectivity index (χ1v) is 6.95.